The van der Waals surface area contributed by atoms with Gasteiger partial charge in [-0.25, -0.2) is 4.98 Å². The van der Waals surface area contributed by atoms with Gasteiger partial charge in [-0.3, -0.25) is 4.79 Å². The minimum atomic E-state index is -0.217. The predicted octanol–water partition coefficient (Wildman–Crippen LogP) is 2.74. The van der Waals surface area contributed by atoms with Gasteiger partial charge in [0, 0.05) is 6.42 Å². The highest BCUT2D eigenvalue weighted by atomic mass is 16.5. The van der Waals surface area contributed by atoms with E-state index >= 15 is 0 Å². The van der Waals surface area contributed by atoms with Gasteiger partial charge in [-0.15, -0.1) is 0 Å². The van der Waals surface area contributed by atoms with Gasteiger partial charge in [0.2, 0.25) is 0 Å². The highest BCUT2D eigenvalue weighted by Crippen LogP contribution is 2.18. The molecule has 19 heavy (non-hydrogen) atoms. The van der Waals surface area contributed by atoms with Crippen molar-refractivity contribution in [3.63, 3.8) is 0 Å². The first kappa shape index (κ1) is 13.3. The molecule has 4 nitrogen and oxygen atoms in total. The maximum absolute atomic E-state index is 11.1. The summed E-state index contributed by atoms with van der Waals surface area (Å²) in [6.45, 7) is 2.14. The summed E-state index contributed by atoms with van der Waals surface area (Å²) in [6.07, 6.45) is 3.75. The van der Waals surface area contributed by atoms with Gasteiger partial charge in [-0.1, -0.05) is 31.2 Å². The maximum atomic E-state index is 11.1. The Morgan fingerprint density at radius 1 is 1.32 bits per heavy atom. The van der Waals surface area contributed by atoms with Crippen LogP contribution in [0.4, 0.5) is 0 Å². The van der Waals surface area contributed by atoms with Crippen LogP contribution in [0.15, 0.2) is 30.5 Å². The zero-order valence-electron chi connectivity index (χ0n) is 11.3. The molecule has 1 aromatic heterocycles. The van der Waals surface area contributed by atoms with Crippen LogP contribution >= 0.6 is 0 Å². The number of methoxy groups -OCH3 is 1. The van der Waals surface area contributed by atoms with E-state index in [0.717, 1.165) is 23.5 Å². The van der Waals surface area contributed by atoms with Gasteiger partial charge in [0.25, 0.3) is 0 Å². The molecule has 2 aromatic rings. The fourth-order valence-electron chi connectivity index (χ4n) is 1.88. The number of esters is 1. The lowest BCUT2D eigenvalue weighted by molar-refractivity contribution is -0.140. The molecule has 0 fully saturated rings. The highest BCUT2D eigenvalue weighted by Gasteiger charge is 2.06. The van der Waals surface area contributed by atoms with E-state index in [9.17, 15) is 4.79 Å². The van der Waals surface area contributed by atoms with Crippen LogP contribution < -0.4 is 0 Å². The van der Waals surface area contributed by atoms with Crippen LogP contribution in [0.25, 0.3) is 11.3 Å². The number of imidazole rings is 1. The molecule has 2 rings (SSSR count). The van der Waals surface area contributed by atoms with Gasteiger partial charge in [0.15, 0.2) is 0 Å². The van der Waals surface area contributed by atoms with Crippen LogP contribution in [0.2, 0.25) is 0 Å². The first-order valence-electron chi connectivity index (χ1n) is 6.43. The van der Waals surface area contributed by atoms with Crippen molar-refractivity contribution in [2.24, 2.45) is 0 Å². The summed E-state index contributed by atoms with van der Waals surface area (Å²) in [4.78, 5) is 18.6. The van der Waals surface area contributed by atoms with E-state index in [-0.39, 0.29) is 5.97 Å². The molecule has 0 aliphatic carbocycles. The van der Waals surface area contributed by atoms with Gasteiger partial charge in [0.05, 0.1) is 25.4 Å². The zero-order chi connectivity index (χ0) is 13.7. The third-order valence-corrected chi connectivity index (χ3v) is 3.10. The van der Waals surface area contributed by atoms with Crippen LogP contribution in [0.5, 0.6) is 0 Å². The number of nitrogens with zero attached hydrogens (tertiary/aromatic N) is 1. The summed E-state index contributed by atoms with van der Waals surface area (Å²) in [5.41, 5.74) is 3.39. The number of rotatable bonds is 5. The number of aromatic amines is 1. The number of carbonyl (C=O) groups is 1. The summed E-state index contributed by atoms with van der Waals surface area (Å²) < 4.78 is 4.61. The number of hydrogen-bond donors (Lipinski definition) is 1. The second-order valence-electron chi connectivity index (χ2n) is 4.37. The number of hydrogen-bond acceptors (Lipinski definition) is 3. The Labute approximate surface area is 112 Å². The van der Waals surface area contributed by atoms with Gasteiger partial charge in [-0.05, 0) is 17.5 Å². The summed E-state index contributed by atoms with van der Waals surface area (Å²) in [6, 6.07) is 8.39. The molecule has 0 aliphatic rings. The van der Waals surface area contributed by atoms with E-state index in [2.05, 4.69) is 45.9 Å². The van der Waals surface area contributed by atoms with Crippen LogP contribution in [-0.4, -0.2) is 23.0 Å². The first-order chi connectivity index (χ1) is 9.22. The molecule has 0 radical (unpaired) electrons. The van der Waals surface area contributed by atoms with Crippen LogP contribution in [-0.2, 0) is 22.4 Å². The maximum Gasteiger partial charge on any atom is 0.305 e. The number of nitrogens with one attached hydrogen (secondary N) is 1. The highest BCUT2D eigenvalue weighted by molar-refractivity contribution is 5.69. The lowest BCUT2D eigenvalue weighted by Gasteiger charge is -2.00. The largest absolute Gasteiger partial charge is 0.469 e. The fourth-order valence-corrected chi connectivity index (χ4v) is 1.88. The molecule has 1 heterocycles. The number of carbonyl (C=O) groups excluding carboxylic acids is 1. The van der Waals surface area contributed by atoms with Crippen molar-refractivity contribution < 1.29 is 9.53 Å². The molecule has 0 unspecified atom stereocenters. The minimum absolute atomic E-state index is 0.217. The average Bonchev–Trinajstić information content (AvgIpc) is 2.93. The molecule has 1 aromatic carbocycles. The topological polar surface area (TPSA) is 55.0 Å². The van der Waals surface area contributed by atoms with Crippen molar-refractivity contribution in [1.29, 1.82) is 0 Å². The molecular formula is C15H18N2O2. The Balaban J connectivity index is 2.05. The van der Waals surface area contributed by atoms with E-state index in [4.69, 9.17) is 0 Å². The van der Waals surface area contributed by atoms with Crippen LogP contribution in [0.3, 0.4) is 0 Å². The number of aryl methyl sites for hydroxylation is 2. The Hall–Kier alpha value is -2.10. The molecule has 0 saturated carbocycles. The standard InChI is InChI=1S/C15H18N2O2/c1-3-11-4-6-12(7-5-11)13-10-16-14(17-13)8-9-15(18)19-2/h4-7,10H,3,8-9H2,1-2H3,(H,16,17). The van der Waals surface area contributed by atoms with Crippen LogP contribution in [0.1, 0.15) is 24.7 Å². The number of ether oxygens (including phenoxy) is 1. The third-order valence-electron chi connectivity index (χ3n) is 3.10. The monoisotopic (exact) mass is 258 g/mol. The summed E-state index contributed by atoms with van der Waals surface area (Å²) in [5, 5.41) is 0. The second kappa shape index (κ2) is 6.18. The summed E-state index contributed by atoms with van der Waals surface area (Å²) >= 11 is 0. The third kappa shape index (κ3) is 3.44. The summed E-state index contributed by atoms with van der Waals surface area (Å²) in [5.74, 6) is 0.588. The van der Waals surface area contributed by atoms with Gasteiger partial charge >= 0.3 is 5.97 Å². The van der Waals surface area contributed by atoms with E-state index in [1.54, 1.807) is 6.20 Å². The Bertz CT molecular complexity index is 544. The van der Waals surface area contributed by atoms with Crippen LogP contribution in [0, 0.1) is 0 Å². The second-order valence-corrected chi connectivity index (χ2v) is 4.37. The Morgan fingerprint density at radius 3 is 2.68 bits per heavy atom. The molecule has 4 heteroatoms. The fraction of sp³-hybridized carbons (Fsp3) is 0.333. The van der Waals surface area contributed by atoms with Crippen molar-refractivity contribution in [1.82, 2.24) is 9.97 Å². The molecule has 100 valence electrons. The smallest absolute Gasteiger partial charge is 0.305 e. The van der Waals surface area contributed by atoms with Gasteiger partial charge < -0.3 is 9.72 Å². The van der Waals surface area contributed by atoms with E-state index < -0.39 is 0 Å². The molecule has 0 bridgehead atoms. The van der Waals surface area contributed by atoms with E-state index in [1.165, 1.54) is 12.7 Å². The molecule has 0 saturated heterocycles. The van der Waals surface area contributed by atoms with E-state index in [0.29, 0.717) is 12.8 Å². The lowest BCUT2D eigenvalue weighted by Crippen LogP contribution is -2.02. The summed E-state index contributed by atoms with van der Waals surface area (Å²) in [7, 11) is 1.39. The van der Waals surface area contributed by atoms with Crippen molar-refractivity contribution >= 4 is 5.97 Å². The molecular weight excluding hydrogens is 240 g/mol. The predicted molar refractivity (Wildman–Crippen MR) is 73.7 cm³/mol. The Morgan fingerprint density at radius 2 is 2.05 bits per heavy atom. The zero-order valence-corrected chi connectivity index (χ0v) is 11.3. The molecule has 0 amide bonds. The molecule has 0 aliphatic heterocycles. The number of H-pyrrole nitrogens is 1. The first-order valence-corrected chi connectivity index (χ1v) is 6.43. The average molecular weight is 258 g/mol. The Kier molecular flexibility index (Phi) is 4.34. The van der Waals surface area contributed by atoms with Crippen molar-refractivity contribution in [3.8, 4) is 11.3 Å². The minimum Gasteiger partial charge on any atom is -0.469 e. The normalized spacial score (nSPS) is 10.4. The van der Waals surface area contributed by atoms with E-state index in [1.807, 2.05) is 0 Å². The lowest BCUT2D eigenvalue weighted by atomic mass is 10.1. The molecule has 1 N–H and O–H groups in total. The quantitative estimate of drug-likeness (QED) is 0.839. The SMILES string of the molecule is CCc1ccc(-c2cnc(CCC(=O)OC)[nH]2)cc1. The van der Waals surface area contributed by atoms with Gasteiger partial charge in [0.1, 0.15) is 5.82 Å². The van der Waals surface area contributed by atoms with Gasteiger partial charge in [-0.2, -0.15) is 0 Å². The number of aromatic nitrogens is 2. The number of benzene rings is 1. The van der Waals surface area contributed by atoms with Crippen molar-refractivity contribution in [2.45, 2.75) is 26.2 Å². The molecule has 0 atom stereocenters. The van der Waals surface area contributed by atoms with Crippen molar-refractivity contribution in [2.75, 3.05) is 7.11 Å². The van der Waals surface area contributed by atoms with Crippen molar-refractivity contribution in [3.05, 3.63) is 41.9 Å². The molecule has 0 spiro atoms.